The van der Waals surface area contributed by atoms with Gasteiger partial charge in [-0.15, -0.1) is 0 Å². The average molecular weight is 463 g/mol. The molecule has 0 bridgehead atoms. The number of benzene rings is 3. The summed E-state index contributed by atoms with van der Waals surface area (Å²) in [5, 5.41) is 0. The summed E-state index contributed by atoms with van der Waals surface area (Å²) in [6.45, 7) is 7.91. The van der Waals surface area contributed by atoms with Crippen LogP contribution in [0.1, 0.15) is 56.7 Å². The zero-order chi connectivity index (χ0) is 23.4. The SMILES string of the molecule is CCO[Si](CCCCC(c1ccccc1)(c1ccccc1)c1ccccc1)(OCC)OCC. The summed E-state index contributed by atoms with van der Waals surface area (Å²) in [6, 6.07) is 33.6. The number of hydrogen-bond donors (Lipinski definition) is 0. The summed E-state index contributed by atoms with van der Waals surface area (Å²) in [6.07, 6.45) is 3.04. The molecule has 0 aliphatic rings. The molecule has 0 aromatic heterocycles. The molecule has 3 aromatic rings. The molecular formula is C29H38O3Si. The minimum Gasteiger partial charge on any atom is -0.374 e. The fourth-order valence-corrected chi connectivity index (χ4v) is 7.52. The van der Waals surface area contributed by atoms with Gasteiger partial charge in [0.15, 0.2) is 0 Å². The minimum absolute atomic E-state index is 0.211. The molecule has 0 N–H and O–H groups in total. The van der Waals surface area contributed by atoms with E-state index in [4.69, 9.17) is 13.3 Å². The normalized spacial score (nSPS) is 12.1. The first-order chi connectivity index (χ1) is 16.2. The van der Waals surface area contributed by atoms with Crippen LogP contribution in [-0.2, 0) is 18.7 Å². The van der Waals surface area contributed by atoms with Crippen molar-refractivity contribution in [1.29, 1.82) is 0 Å². The van der Waals surface area contributed by atoms with E-state index in [-0.39, 0.29) is 5.41 Å². The van der Waals surface area contributed by atoms with Crippen molar-refractivity contribution in [3.8, 4) is 0 Å². The first-order valence-electron chi connectivity index (χ1n) is 12.3. The molecular weight excluding hydrogens is 424 g/mol. The summed E-state index contributed by atoms with van der Waals surface area (Å²) < 4.78 is 18.3. The fourth-order valence-electron chi connectivity index (χ4n) is 4.83. The van der Waals surface area contributed by atoms with Crippen molar-refractivity contribution in [2.45, 2.75) is 51.5 Å². The average Bonchev–Trinajstić information content (AvgIpc) is 2.86. The van der Waals surface area contributed by atoms with Crippen LogP contribution in [0.25, 0.3) is 0 Å². The predicted octanol–water partition coefficient (Wildman–Crippen LogP) is 7.24. The second-order valence-electron chi connectivity index (χ2n) is 8.19. The summed E-state index contributed by atoms with van der Waals surface area (Å²) in [4.78, 5) is 0. The highest BCUT2D eigenvalue weighted by molar-refractivity contribution is 6.60. The van der Waals surface area contributed by atoms with Gasteiger partial charge in [0.25, 0.3) is 0 Å². The molecule has 4 heteroatoms. The molecule has 0 radical (unpaired) electrons. The molecule has 0 aliphatic heterocycles. The van der Waals surface area contributed by atoms with Crippen LogP contribution >= 0.6 is 0 Å². The van der Waals surface area contributed by atoms with E-state index in [0.29, 0.717) is 19.8 Å². The van der Waals surface area contributed by atoms with Crippen molar-refractivity contribution < 1.29 is 13.3 Å². The Balaban J connectivity index is 1.92. The van der Waals surface area contributed by atoms with Gasteiger partial charge in [-0.25, -0.2) is 0 Å². The van der Waals surface area contributed by atoms with Gasteiger partial charge in [0.1, 0.15) is 0 Å². The zero-order valence-corrected chi connectivity index (χ0v) is 21.3. The monoisotopic (exact) mass is 462 g/mol. The Morgan fingerprint density at radius 3 is 1.24 bits per heavy atom. The van der Waals surface area contributed by atoms with Crippen LogP contribution in [0, 0.1) is 0 Å². The van der Waals surface area contributed by atoms with Crippen LogP contribution in [-0.4, -0.2) is 28.6 Å². The second-order valence-corrected chi connectivity index (χ2v) is 10.9. The van der Waals surface area contributed by atoms with Crippen molar-refractivity contribution in [2.75, 3.05) is 19.8 Å². The first kappa shape index (κ1) is 25.4. The van der Waals surface area contributed by atoms with Crippen LogP contribution in [0.4, 0.5) is 0 Å². The molecule has 0 heterocycles. The maximum absolute atomic E-state index is 6.09. The largest absolute Gasteiger partial charge is 0.500 e. The summed E-state index contributed by atoms with van der Waals surface area (Å²) in [7, 11) is -2.63. The van der Waals surface area contributed by atoms with Gasteiger partial charge in [0, 0.05) is 31.3 Å². The van der Waals surface area contributed by atoms with Gasteiger partial charge >= 0.3 is 8.80 Å². The smallest absolute Gasteiger partial charge is 0.374 e. The van der Waals surface area contributed by atoms with Gasteiger partial charge in [-0.2, -0.15) is 0 Å². The zero-order valence-electron chi connectivity index (χ0n) is 20.3. The van der Waals surface area contributed by atoms with Crippen molar-refractivity contribution >= 4 is 8.80 Å². The first-order valence-corrected chi connectivity index (χ1v) is 14.2. The fraction of sp³-hybridized carbons (Fsp3) is 0.379. The van der Waals surface area contributed by atoms with E-state index >= 15 is 0 Å². The highest BCUT2D eigenvalue weighted by Crippen LogP contribution is 2.43. The molecule has 0 spiro atoms. The lowest BCUT2D eigenvalue weighted by Crippen LogP contribution is -2.46. The van der Waals surface area contributed by atoms with E-state index in [2.05, 4.69) is 91.0 Å². The van der Waals surface area contributed by atoms with Crippen LogP contribution in [0.2, 0.25) is 6.04 Å². The van der Waals surface area contributed by atoms with Crippen molar-refractivity contribution in [2.24, 2.45) is 0 Å². The van der Waals surface area contributed by atoms with Crippen LogP contribution in [0.3, 0.4) is 0 Å². The topological polar surface area (TPSA) is 27.7 Å². The van der Waals surface area contributed by atoms with Gasteiger partial charge in [0.05, 0.1) is 0 Å². The van der Waals surface area contributed by atoms with E-state index in [1.54, 1.807) is 0 Å². The molecule has 176 valence electrons. The highest BCUT2D eigenvalue weighted by Gasteiger charge is 2.41. The van der Waals surface area contributed by atoms with E-state index in [1.807, 2.05) is 20.8 Å². The lowest BCUT2D eigenvalue weighted by atomic mass is 9.66. The molecule has 3 nitrogen and oxygen atoms in total. The molecule has 0 atom stereocenters. The predicted molar refractivity (Wildman–Crippen MR) is 138 cm³/mol. The third-order valence-corrected chi connectivity index (χ3v) is 9.33. The Hall–Kier alpha value is -2.24. The minimum atomic E-state index is -2.63. The standard InChI is InChI=1S/C29H38O3Si/c1-4-30-33(31-5-2,32-6-3)25-17-16-24-29(26-18-10-7-11-19-26,27-20-12-8-13-21-27)28-22-14-9-15-23-28/h7-15,18-23H,4-6,16-17,24-25H2,1-3H3. The molecule has 0 saturated carbocycles. The molecule has 3 aromatic carbocycles. The van der Waals surface area contributed by atoms with E-state index in [1.165, 1.54) is 16.7 Å². The lowest BCUT2D eigenvalue weighted by molar-refractivity contribution is 0.0706. The summed E-state index contributed by atoms with van der Waals surface area (Å²) >= 11 is 0. The number of hydrogen-bond acceptors (Lipinski definition) is 3. The molecule has 3 rings (SSSR count). The molecule has 0 saturated heterocycles. The Morgan fingerprint density at radius 2 is 0.909 bits per heavy atom. The number of unbranched alkanes of at least 4 members (excludes halogenated alkanes) is 1. The molecule has 0 unspecified atom stereocenters. The Bertz CT molecular complexity index is 802. The van der Waals surface area contributed by atoms with Crippen LogP contribution in [0.15, 0.2) is 91.0 Å². The van der Waals surface area contributed by atoms with Gasteiger partial charge in [0.2, 0.25) is 0 Å². The van der Waals surface area contributed by atoms with E-state index < -0.39 is 8.80 Å². The Morgan fingerprint density at radius 1 is 0.545 bits per heavy atom. The Kier molecular flexibility index (Phi) is 9.88. The second kappa shape index (κ2) is 12.9. The van der Waals surface area contributed by atoms with Crippen molar-refractivity contribution in [3.63, 3.8) is 0 Å². The Labute approximate surface area is 201 Å². The van der Waals surface area contributed by atoms with Gasteiger partial charge < -0.3 is 13.3 Å². The summed E-state index contributed by atoms with van der Waals surface area (Å²) in [5.74, 6) is 0. The van der Waals surface area contributed by atoms with Crippen molar-refractivity contribution in [1.82, 2.24) is 0 Å². The molecule has 0 aliphatic carbocycles. The van der Waals surface area contributed by atoms with Crippen LogP contribution in [0.5, 0.6) is 0 Å². The number of rotatable bonds is 14. The summed E-state index contributed by atoms with van der Waals surface area (Å²) in [5.41, 5.74) is 3.76. The maximum Gasteiger partial charge on any atom is 0.500 e. The quantitative estimate of drug-likeness (QED) is 0.144. The molecule has 33 heavy (non-hydrogen) atoms. The van der Waals surface area contributed by atoms with Gasteiger partial charge in [-0.3, -0.25) is 0 Å². The highest BCUT2D eigenvalue weighted by atomic mass is 28.4. The van der Waals surface area contributed by atoms with Crippen LogP contribution < -0.4 is 0 Å². The van der Waals surface area contributed by atoms with E-state index in [9.17, 15) is 0 Å². The third kappa shape index (κ3) is 6.21. The van der Waals surface area contributed by atoms with Gasteiger partial charge in [-0.05, 0) is 50.3 Å². The molecule has 0 amide bonds. The molecule has 0 fully saturated rings. The lowest BCUT2D eigenvalue weighted by Gasteiger charge is -2.36. The maximum atomic E-state index is 6.09. The van der Waals surface area contributed by atoms with Gasteiger partial charge in [-0.1, -0.05) is 97.4 Å². The van der Waals surface area contributed by atoms with E-state index in [0.717, 1.165) is 25.3 Å². The third-order valence-electron chi connectivity index (χ3n) is 6.18. The van der Waals surface area contributed by atoms with Crippen molar-refractivity contribution in [3.05, 3.63) is 108 Å².